The molecule has 0 amide bonds. The van der Waals surface area contributed by atoms with Crippen molar-refractivity contribution in [1.29, 1.82) is 0 Å². The van der Waals surface area contributed by atoms with Crippen molar-refractivity contribution in [3.8, 4) is 17.1 Å². The van der Waals surface area contributed by atoms with Crippen LogP contribution in [0.15, 0.2) is 105 Å². The molecule has 41 heavy (non-hydrogen) atoms. The summed E-state index contributed by atoms with van der Waals surface area (Å²) in [4.78, 5) is 30.7. The number of methoxy groups -OCH3 is 1. The van der Waals surface area contributed by atoms with Gasteiger partial charge in [0.1, 0.15) is 17.3 Å². The van der Waals surface area contributed by atoms with E-state index in [1.807, 2.05) is 36.4 Å². The number of allylic oxidation sites excluding steroid dienone is 1. The van der Waals surface area contributed by atoms with Crippen molar-refractivity contribution in [2.75, 3.05) is 7.11 Å². The molecule has 0 saturated carbocycles. The molecule has 7 rings (SSSR count). The van der Waals surface area contributed by atoms with E-state index >= 15 is 0 Å². The third kappa shape index (κ3) is 4.22. The molecule has 0 fully saturated rings. The number of aromatic nitrogens is 1. The first kappa shape index (κ1) is 25.0. The van der Waals surface area contributed by atoms with Gasteiger partial charge in [-0.05, 0) is 59.9 Å². The molecule has 1 atom stereocenters. The summed E-state index contributed by atoms with van der Waals surface area (Å²) in [6, 6.07) is 25.6. The van der Waals surface area contributed by atoms with Crippen LogP contribution in [0.3, 0.4) is 0 Å². The smallest absolute Gasteiger partial charge is 0.280 e. The fourth-order valence-corrected chi connectivity index (χ4v) is 6.64. The van der Waals surface area contributed by atoms with Crippen molar-refractivity contribution in [2.45, 2.75) is 18.9 Å². The first-order valence-electron chi connectivity index (χ1n) is 13.1. The first-order chi connectivity index (χ1) is 20.0. The van der Waals surface area contributed by atoms with E-state index in [2.05, 4.69) is 12.1 Å². The maximum Gasteiger partial charge on any atom is 0.280 e. The van der Waals surface area contributed by atoms with Crippen molar-refractivity contribution in [1.82, 2.24) is 4.57 Å². The maximum atomic E-state index is 14.0. The quantitative estimate of drug-likeness (QED) is 0.209. The third-order valence-corrected chi connectivity index (χ3v) is 8.55. The van der Waals surface area contributed by atoms with Crippen molar-refractivity contribution < 1.29 is 14.1 Å². The number of nitro benzene ring substituents is 1. The lowest BCUT2D eigenvalue weighted by Crippen LogP contribution is -2.38. The summed E-state index contributed by atoms with van der Waals surface area (Å²) in [5.41, 5.74) is 5.55. The van der Waals surface area contributed by atoms with Crippen LogP contribution in [-0.4, -0.2) is 16.6 Å². The fraction of sp³-hybridized carbons (Fsp3) is 0.125. The second kappa shape index (κ2) is 9.87. The largest absolute Gasteiger partial charge is 0.497 e. The molecular formula is C32H23N3O5S. The zero-order chi connectivity index (χ0) is 28.1. The number of benzene rings is 3. The van der Waals surface area contributed by atoms with E-state index < -0.39 is 4.92 Å². The number of nitrogens with zero attached hydrogens (tertiary/aromatic N) is 3. The molecule has 1 aliphatic carbocycles. The van der Waals surface area contributed by atoms with Gasteiger partial charge in [0, 0.05) is 17.7 Å². The number of furan rings is 1. The Labute approximate surface area is 238 Å². The molecule has 8 nitrogen and oxygen atoms in total. The number of fused-ring (bicyclic) bond motifs is 3. The van der Waals surface area contributed by atoms with Crippen LogP contribution in [0.4, 0.5) is 5.69 Å². The highest BCUT2D eigenvalue weighted by atomic mass is 32.1. The van der Waals surface area contributed by atoms with Gasteiger partial charge in [-0.15, -0.1) is 0 Å². The van der Waals surface area contributed by atoms with E-state index in [0.29, 0.717) is 26.4 Å². The average molecular weight is 562 g/mol. The Morgan fingerprint density at radius 3 is 2.54 bits per heavy atom. The third-order valence-electron chi connectivity index (χ3n) is 7.57. The maximum absolute atomic E-state index is 14.0. The molecule has 0 bridgehead atoms. The number of aryl methyl sites for hydroxylation is 1. The lowest BCUT2D eigenvalue weighted by atomic mass is 9.83. The van der Waals surface area contributed by atoms with Crippen LogP contribution >= 0.6 is 11.3 Å². The molecule has 202 valence electrons. The van der Waals surface area contributed by atoms with E-state index in [9.17, 15) is 14.9 Å². The van der Waals surface area contributed by atoms with E-state index in [4.69, 9.17) is 14.1 Å². The predicted molar refractivity (Wildman–Crippen MR) is 157 cm³/mol. The summed E-state index contributed by atoms with van der Waals surface area (Å²) in [6.45, 7) is 0. The van der Waals surface area contributed by atoms with E-state index in [-0.39, 0.29) is 17.3 Å². The normalized spacial score (nSPS) is 16.0. The van der Waals surface area contributed by atoms with Gasteiger partial charge in [-0.1, -0.05) is 59.9 Å². The Morgan fingerprint density at radius 1 is 1.00 bits per heavy atom. The predicted octanol–water partition coefficient (Wildman–Crippen LogP) is 5.50. The number of nitro groups is 1. The number of para-hydroxylation sites is 1. The Morgan fingerprint density at radius 2 is 1.76 bits per heavy atom. The number of hydrogen-bond acceptors (Lipinski definition) is 7. The number of hydrogen-bond donors (Lipinski definition) is 0. The SMILES string of the molecule is COc1ccc([C@H]2C3=C(N=c4s/c(=C\c5ccc(-c6ccccc6[N+](=O)[O-])o5)c(=O)n42)c2ccccc2CC3)cc1. The van der Waals surface area contributed by atoms with Crippen LogP contribution in [0.2, 0.25) is 0 Å². The zero-order valence-electron chi connectivity index (χ0n) is 21.9. The minimum absolute atomic E-state index is 0.0434. The molecule has 2 aromatic heterocycles. The van der Waals surface area contributed by atoms with E-state index in [1.54, 1.807) is 48.1 Å². The Balaban J connectivity index is 1.39. The van der Waals surface area contributed by atoms with Crippen molar-refractivity contribution in [2.24, 2.45) is 4.99 Å². The van der Waals surface area contributed by atoms with Gasteiger partial charge in [0.25, 0.3) is 11.2 Å². The molecule has 0 unspecified atom stereocenters. The Hall–Kier alpha value is -5.02. The highest BCUT2D eigenvalue weighted by Crippen LogP contribution is 2.41. The summed E-state index contributed by atoms with van der Waals surface area (Å²) in [6.07, 6.45) is 3.36. The van der Waals surface area contributed by atoms with Crippen molar-refractivity contribution in [3.05, 3.63) is 143 Å². The summed E-state index contributed by atoms with van der Waals surface area (Å²) in [7, 11) is 1.63. The first-order valence-corrected chi connectivity index (χ1v) is 13.9. The standard InChI is InChI=1S/C32H23N3O5S/c1-39-21-13-10-20(11-14-21)30-25-16-12-19-6-2-3-7-23(19)29(25)33-32-34(30)31(36)28(41-32)18-22-15-17-27(40-22)24-8-4-5-9-26(24)35(37)38/h2-11,13-15,17-18,30H,12,16H2,1H3/b28-18-/t30-/m0/s1. The highest BCUT2D eigenvalue weighted by molar-refractivity contribution is 7.07. The molecular weight excluding hydrogens is 538 g/mol. The fourth-order valence-electron chi connectivity index (χ4n) is 5.65. The molecule has 2 aliphatic rings. The Bertz CT molecular complexity index is 2050. The average Bonchev–Trinajstić information content (AvgIpc) is 3.60. The highest BCUT2D eigenvalue weighted by Gasteiger charge is 2.32. The van der Waals surface area contributed by atoms with Gasteiger partial charge in [-0.25, -0.2) is 4.99 Å². The van der Waals surface area contributed by atoms with Gasteiger partial charge in [-0.2, -0.15) is 0 Å². The number of thiazole rings is 1. The summed E-state index contributed by atoms with van der Waals surface area (Å²) in [5, 5.41) is 11.5. The van der Waals surface area contributed by atoms with Crippen molar-refractivity contribution >= 4 is 28.8 Å². The van der Waals surface area contributed by atoms with Gasteiger partial charge in [-0.3, -0.25) is 19.5 Å². The molecule has 9 heteroatoms. The Kier molecular flexibility index (Phi) is 6.01. The molecule has 1 aliphatic heterocycles. The van der Waals surface area contributed by atoms with Crippen LogP contribution in [0.1, 0.15) is 34.9 Å². The van der Waals surface area contributed by atoms with Gasteiger partial charge < -0.3 is 9.15 Å². The lowest BCUT2D eigenvalue weighted by molar-refractivity contribution is -0.384. The van der Waals surface area contributed by atoms with Gasteiger partial charge in [0.15, 0.2) is 4.80 Å². The minimum atomic E-state index is -0.436. The second-order valence-corrected chi connectivity index (χ2v) is 10.9. The molecule has 0 N–H and O–H groups in total. The van der Waals surface area contributed by atoms with Gasteiger partial charge in [0.05, 0.1) is 33.9 Å². The van der Waals surface area contributed by atoms with Crippen LogP contribution in [0.5, 0.6) is 5.75 Å². The monoisotopic (exact) mass is 561 g/mol. The molecule has 3 aromatic carbocycles. The molecule has 0 spiro atoms. The van der Waals surface area contributed by atoms with E-state index in [1.165, 1.54) is 23.0 Å². The number of ether oxygens (including phenoxy) is 1. The van der Waals surface area contributed by atoms with Gasteiger partial charge in [0.2, 0.25) is 0 Å². The zero-order valence-corrected chi connectivity index (χ0v) is 22.8. The molecule has 5 aromatic rings. The van der Waals surface area contributed by atoms with Crippen LogP contribution in [0, 0.1) is 10.1 Å². The summed E-state index contributed by atoms with van der Waals surface area (Å²) in [5.74, 6) is 1.54. The summed E-state index contributed by atoms with van der Waals surface area (Å²) >= 11 is 1.31. The second-order valence-electron chi connectivity index (χ2n) is 9.86. The van der Waals surface area contributed by atoms with E-state index in [0.717, 1.165) is 41.0 Å². The minimum Gasteiger partial charge on any atom is -0.497 e. The molecule has 0 radical (unpaired) electrons. The number of rotatable bonds is 5. The van der Waals surface area contributed by atoms with Crippen LogP contribution < -0.4 is 19.6 Å². The van der Waals surface area contributed by atoms with Crippen molar-refractivity contribution in [3.63, 3.8) is 0 Å². The molecule has 0 saturated heterocycles. The van der Waals surface area contributed by atoms with Crippen LogP contribution in [0.25, 0.3) is 23.1 Å². The summed E-state index contributed by atoms with van der Waals surface area (Å²) < 4.78 is 13.6. The topological polar surface area (TPSA) is 99.9 Å². The lowest BCUT2D eigenvalue weighted by Gasteiger charge is -2.30. The molecule has 3 heterocycles. The van der Waals surface area contributed by atoms with Crippen LogP contribution in [-0.2, 0) is 6.42 Å². The van der Waals surface area contributed by atoms with Gasteiger partial charge >= 0.3 is 0 Å².